The number of carbonyl (C=O) groups excluding carboxylic acids is 3. The molecule has 1 aromatic carbocycles. The number of nitrogens with one attached hydrogen (secondary N) is 1. The zero-order chi connectivity index (χ0) is 22.0. The van der Waals surface area contributed by atoms with Gasteiger partial charge in [-0.15, -0.1) is 0 Å². The largest absolute Gasteiger partial charge is 0.468 e. The fourth-order valence-electron chi connectivity index (χ4n) is 4.21. The summed E-state index contributed by atoms with van der Waals surface area (Å²) in [6.45, 7) is 5.85. The summed E-state index contributed by atoms with van der Waals surface area (Å²) in [6, 6.07) is 7.03. The fraction of sp³-hybridized carbons (Fsp3) is 0.435. The van der Waals surface area contributed by atoms with Crippen molar-refractivity contribution in [2.75, 3.05) is 13.7 Å². The minimum Gasteiger partial charge on any atom is -0.468 e. The van der Waals surface area contributed by atoms with E-state index in [0.29, 0.717) is 34.7 Å². The van der Waals surface area contributed by atoms with Crippen LogP contribution in [0.3, 0.4) is 0 Å². The lowest BCUT2D eigenvalue weighted by Crippen LogP contribution is -2.43. The molecule has 160 valence electrons. The van der Waals surface area contributed by atoms with Gasteiger partial charge in [0.25, 0.3) is 0 Å². The number of dihydropyridines is 1. The summed E-state index contributed by atoms with van der Waals surface area (Å²) in [5.74, 6) is -3.13. The van der Waals surface area contributed by atoms with Crippen LogP contribution < -0.4 is 5.32 Å². The second-order valence-corrected chi connectivity index (χ2v) is 8.16. The number of ether oxygens (including phenoxy) is 2. The Hall–Kier alpha value is -2.60. The predicted molar refractivity (Wildman–Crippen MR) is 113 cm³/mol. The summed E-state index contributed by atoms with van der Waals surface area (Å²) in [7, 11) is 1.28. The van der Waals surface area contributed by atoms with Crippen molar-refractivity contribution >= 4 is 29.3 Å². The first-order valence-corrected chi connectivity index (χ1v) is 10.4. The van der Waals surface area contributed by atoms with Crippen LogP contribution in [-0.4, -0.2) is 31.4 Å². The van der Waals surface area contributed by atoms with E-state index in [1.165, 1.54) is 7.11 Å². The molecular weight excluding hydrogens is 406 g/mol. The molecule has 7 heteroatoms. The molecule has 0 radical (unpaired) electrons. The topological polar surface area (TPSA) is 81.7 Å². The molecule has 1 aliphatic heterocycles. The lowest BCUT2D eigenvalue weighted by atomic mass is 9.69. The van der Waals surface area contributed by atoms with Crippen LogP contribution in [0.15, 0.2) is 46.8 Å². The molecule has 0 amide bonds. The number of benzene rings is 1. The minimum absolute atomic E-state index is 0.219. The van der Waals surface area contributed by atoms with Gasteiger partial charge in [0.05, 0.1) is 19.3 Å². The predicted octanol–water partition coefficient (Wildman–Crippen LogP) is 3.91. The number of hydrogen-bond donors (Lipinski definition) is 1. The molecule has 1 N–H and O–H groups in total. The van der Waals surface area contributed by atoms with Crippen molar-refractivity contribution in [3.63, 3.8) is 0 Å². The summed E-state index contributed by atoms with van der Waals surface area (Å²) in [6.07, 6.45) is 1.19. The van der Waals surface area contributed by atoms with Crippen LogP contribution >= 0.6 is 11.6 Å². The molecule has 2 aliphatic rings. The monoisotopic (exact) mass is 431 g/mol. The first kappa shape index (κ1) is 22.1. The van der Waals surface area contributed by atoms with E-state index >= 15 is 0 Å². The summed E-state index contributed by atoms with van der Waals surface area (Å²) in [4.78, 5) is 38.8. The third-order valence-corrected chi connectivity index (χ3v) is 5.86. The van der Waals surface area contributed by atoms with Gasteiger partial charge >= 0.3 is 11.9 Å². The fourth-order valence-corrected chi connectivity index (χ4v) is 4.34. The molecule has 6 nitrogen and oxygen atoms in total. The molecule has 1 aliphatic carbocycles. The van der Waals surface area contributed by atoms with Crippen LogP contribution in [-0.2, 0) is 23.9 Å². The number of Topliss-reactive ketones (excluding diaryl/α,β-unsaturated/α-hetero) is 1. The molecule has 0 fully saturated rings. The van der Waals surface area contributed by atoms with E-state index in [-0.39, 0.29) is 18.3 Å². The van der Waals surface area contributed by atoms with Gasteiger partial charge in [-0.1, -0.05) is 37.6 Å². The molecule has 0 aromatic heterocycles. The molecule has 1 heterocycles. The summed E-state index contributed by atoms with van der Waals surface area (Å²) >= 11 is 6.06. The van der Waals surface area contributed by atoms with E-state index in [1.54, 1.807) is 31.2 Å². The molecular formula is C23H26ClNO5. The quantitative estimate of drug-likeness (QED) is 0.562. The van der Waals surface area contributed by atoms with Gasteiger partial charge in [0.15, 0.2) is 5.78 Å². The van der Waals surface area contributed by atoms with Crippen LogP contribution in [0.4, 0.5) is 0 Å². The van der Waals surface area contributed by atoms with Crippen LogP contribution in [0.25, 0.3) is 0 Å². The molecule has 30 heavy (non-hydrogen) atoms. The number of methoxy groups -OCH3 is 1. The Morgan fingerprint density at radius 1 is 1.23 bits per heavy atom. The average molecular weight is 432 g/mol. The van der Waals surface area contributed by atoms with Crippen LogP contribution in [0.5, 0.6) is 0 Å². The summed E-state index contributed by atoms with van der Waals surface area (Å²) in [5, 5.41) is 3.78. The highest BCUT2D eigenvalue weighted by Gasteiger charge is 2.47. The third kappa shape index (κ3) is 4.01. The smallest absolute Gasteiger partial charge is 0.336 e. The van der Waals surface area contributed by atoms with Crippen molar-refractivity contribution < 1.29 is 23.9 Å². The lowest BCUT2D eigenvalue weighted by Gasteiger charge is -2.38. The molecule has 0 saturated carbocycles. The first-order chi connectivity index (χ1) is 14.3. The number of ketones is 1. The van der Waals surface area contributed by atoms with Crippen LogP contribution in [0.1, 0.15) is 45.1 Å². The van der Waals surface area contributed by atoms with E-state index in [0.717, 1.165) is 11.3 Å². The Labute approximate surface area is 181 Å². The number of allylic oxidation sites excluding steroid dienone is 3. The SMILES string of the molecule is CCCOC(=O)C1=C(C)NC2=C(C(=O)[C@H](C(=O)OC)[C@H](C)C2)[C@H]1c1ccc(Cl)cc1. The second-order valence-electron chi connectivity index (χ2n) is 7.72. The molecule has 0 unspecified atom stereocenters. The Balaban J connectivity index is 2.15. The van der Waals surface area contributed by atoms with E-state index in [1.807, 2.05) is 13.8 Å². The van der Waals surface area contributed by atoms with Crippen molar-refractivity contribution in [1.82, 2.24) is 5.32 Å². The van der Waals surface area contributed by atoms with E-state index in [9.17, 15) is 14.4 Å². The van der Waals surface area contributed by atoms with Gasteiger partial charge in [-0.3, -0.25) is 9.59 Å². The highest BCUT2D eigenvalue weighted by Crippen LogP contribution is 2.45. The van der Waals surface area contributed by atoms with Gasteiger partial charge < -0.3 is 14.8 Å². The maximum absolute atomic E-state index is 13.5. The van der Waals surface area contributed by atoms with Gasteiger partial charge in [0.2, 0.25) is 0 Å². The molecule has 0 spiro atoms. The van der Waals surface area contributed by atoms with Gasteiger partial charge in [-0.25, -0.2) is 4.79 Å². The molecule has 0 saturated heterocycles. The van der Waals surface area contributed by atoms with Crippen molar-refractivity contribution in [2.24, 2.45) is 11.8 Å². The second kappa shape index (κ2) is 9.04. The first-order valence-electron chi connectivity index (χ1n) is 10.1. The van der Waals surface area contributed by atoms with Crippen molar-refractivity contribution in [3.05, 3.63) is 57.4 Å². The Bertz CT molecular complexity index is 931. The highest BCUT2D eigenvalue weighted by molar-refractivity contribution is 6.30. The number of esters is 2. The summed E-state index contributed by atoms with van der Waals surface area (Å²) in [5.41, 5.74) is 2.90. The number of carbonyl (C=O) groups is 3. The summed E-state index contributed by atoms with van der Waals surface area (Å²) < 4.78 is 10.3. The zero-order valence-corrected chi connectivity index (χ0v) is 18.3. The Kier molecular flexibility index (Phi) is 6.66. The number of rotatable bonds is 5. The van der Waals surface area contributed by atoms with Gasteiger partial charge in [0.1, 0.15) is 5.92 Å². The van der Waals surface area contributed by atoms with E-state index < -0.39 is 23.8 Å². The van der Waals surface area contributed by atoms with Crippen molar-refractivity contribution in [2.45, 2.75) is 39.5 Å². The maximum atomic E-state index is 13.5. The normalized spacial score (nSPS) is 23.6. The maximum Gasteiger partial charge on any atom is 0.336 e. The molecule has 1 aromatic rings. The molecule has 3 rings (SSSR count). The average Bonchev–Trinajstić information content (AvgIpc) is 2.71. The van der Waals surface area contributed by atoms with Gasteiger partial charge in [-0.05, 0) is 43.4 Å². The van der Waals surface area contributed by atoms with Gasteiger partial charge in [0, 0.05) is 27.9 Å². The van der Waals surface area contributed by atoms with E-state index in [4.69, 9.17) is 21.1 Å². The Morgan fingerprint density at radius 3 is 2.50 bits per heavy atom. The molecule has 3 atom stereocenters. The zero-order valence-electron chi connectivity index (χ0n) is 17.6. The van der Waals surface area contributed by atoms with Gasteiger partial charge in [-0.2, -0.15) is 0 Å². The van der Waals surface area contributed by atoms with Crippen LogP contribution in [0, 0.1) is 11.8 Å². The van der Waals surface area contributed by atoms with Crippen molar-refractivity contribution in [3.8, 4) is 0 Å². The number of halogens is 1. The third-order valence-electron chi connectivity index (χ3n) is 5.60. The standard InChI is InChI=1S/C23H26ClNO5/c1-5-10-30-23(28)18-13(3)25-16-11-12(2)17(22(27)29-4)21(26)20(16)19(18)14-6-8-15(24)9-7-14/h6-9,12,17,19,25H,5,10-11H2,1-4H3/t12-,17-,19+/m1/s1. The Morgan fingerprint density at radius 2 is 1.90 bits per heavy atom. The minimum atomic E-state index is -0.906. The highest BCUT2D eigenvalue weighted by atomic mass is 35.5. The van der Waals surface area contributed by atoms with Crippen molar-refractivity contribution in [1.29, 1.82) is 0 Å². The number of hydrogen-bond acceptors (Lipinski definition) is 6. The van der Waals surface area contributed by atoms with Crippen LogP contribution in [0.2, 0.25) is 5.02 Å². The molecule has 0 bridgehead atoms. The van der Waals surface area contributed by atoms with E-state index in [2.05, 4.69) is 5.32 Å². The lowest BCUT2D eigenvalue weighted by molar-refractivity contribution is -0.151.